The van der Waals surface area contributed by atoms with Gasteiger partial charge >= 0.3 is 5.97 Å². The number of rotatable bonds is 1. The molecule has 2 aliphatic rings. The van der Waals surface area contributed by atoms with Crippen LogP contribution in [0.25, 0.3) is 0 Å². The van der Waals surface area contributed by atoms with E-state index in [1.807, 2.05) is 0 Å². The van der Waals surface area contributed by atoms with Gasteiger partial charge in [-0.3, -0.25) is 4.79 Å². The minimum atomic E-state index is -0.0295. The second kappa shape index (κ2) is 4.09. The molecule has 3 heteroatoms. The first-order valence-corrected chi connectivity index (χ1v) is 5.28. The van der Waals surface area contributed by atoms with Crippen molar-refractivity contribution in [2.75, 3.05) is 13.2 Å². The lowest BCUT2D eigenvalue weighted by Crippen LogP contribution is -2.50. The zero-order valence-corrected chi connectivity index (χ0v) is 7.92. The molecular weight excluding hydrogens is 166 g/mol. The highest BCUT2D eigenvalue weighted by Gasteiger charge is 2.32. The number of nitrogens with one attached hydrogen (secondary N) is 1. The Labute approximate surface area is 78.8 Å². The smallest absolute Gasteiger partial charge is 0.323 e. The van der Waals surface area contributed by atoms with Crippen LogP contribution in [0.1, 0.15) is 32.1 Å². The largest absolute Gasteiger partial charge is 0.463 e. The summed E-state index contributed by atoms with van der Waals surface area (Å²) in [5, 5.41) is 3.26. The van der Waals surface area contributed by atoms with Crippen LogP contribution < -0.4 is 5.32 Å². The molecular formula is C10H17NO2. The van der Waals surface area contributed by atoms with Crippen molar-refractivity contribution < 1.29 is 9.53 Å². The Morgan fingerprint density at radius 1 is 1.23 bits per heavy atom. The van der Waals surface area contributed by atoms with Gasteiger partial charge in [-0.2, -0.15) is 0 Å². The van der Waals surface area contributed by atoms with Gasteiger partial charge < -0.3 is 10.1 Å². The zero-order chi connectivity index (χ0) is 9.10. The monoisotopic (exact) mass is 183 g/mol. The van der Waals surface area contributed by atoms with Crippen molar-refractivity contribution in [1.29, 1.82) is 0 Å². The molecule has 1 aliphatic heterocycles. The maximum absolute atomic E-state index is 11.4. The highest BCUT2D eigenvalue weighted by Crippen LogP contribution is 2.27. The predicted molar refractivity (Wildman–Crippen MR) is 49.3 cm³/mol. The number of carbonyl (C=O) groups is 1. The molecule has 0 aromatic carbocycles. The van der Waals surface area contributed by atoms with Crippen molar-refractivity contribution in [2.24, 2.45) is 5.92 Å². The summed E-state index contributed by atoms with van der Waals surface area (Å²) in [5.41, 5.74) is 0. The summed E-state index contributed by atoms with van der Waals surface area (Å²) >= 11 is 0. The van der Waals surface area contributed by atoms with Crippen LogP contribution in [0, 0.1) is 5.92 Å². The second-order valence-electron chi connectivity index (χ2n) is 4.00. The van der Waals surface area contributed by atoms with Gasteiger partial charge in [-0.25, -0.2) is 0 Å². The van der Waals surface area contributed by atoms with Gasteiger partial charge in [0.25, 0.3) is 0 Å². The van der Waals surface area contributed by atoms with Crippen molar-refractivity contribution in [3.63, 3.8) is 0 Å². The number of ether oxygens (including phenoxy) is 1. The summed E-state index contributed by atoms with van der Waals surface area (Å²) in [6, 6.07) is -0.00551. The normalized spacial score (nSPS) is 31.4. The molecule has 0 bridgehead atoms. The lowest BCUT2D eigenvalue weighted by atomic mass is 9.83. The van der Waals surface area contributed by atoms with Crippen molar-refractivity contribution in [2.45, 2.75) is 38.1 Å². The quantitative estimate of drug-likeness (QED) is 0.618. The Morgan fingerprint density at radius 3 is 2.69 bits per heavy atom. The fourth-order valence-electron chi connectivity index (χ4n) is 2.37. The van der Waals surface area contributed by atoms with Crippen LogP contribution in [0.15, 0.2) is 0 Å². The van der Waals surface area contributed by atoms with Gasteiger partial charge in [-0.15, -0.1) is 0 Å². The Kier molecular flexibility index (Phi) is 2.83. The Morgan fingerprint density at radius 2 is 2.00 bits per heavy atom. The van der Waals surface area contributed by atoms with E-state index in [0.717, 1.165) is 6.54 Å². The highest BCUT2D eigenvalue weighted by atomic mass is 16.5. The molecule has 0 amide bonds. The summed E-state index contributed by atoms with van der Waals surface area (Å²) in [4.78, 5) is 11.4. The maximum atomic E-state index is 11.4. The maximum Gasteiger partial charge on any atom is 0.323 e. The van der Waals surface area contributed by atoms with Crippen LogP contribution >= 0.6 is 0 Å². The summed E-state index contributed by atoms with van der Waals surface area (Å²) in [5.74, 6) is 0.500. The van der Waals surface area contributed by atoms with Crippen LogP contribution in [-0.4, -0.2) is 25.2 Å². The molecule has 1 N–H and O–H groups in total. The van der Waals surface area contributed by atoms with E-state index in [9.17, 15) is 4.79 Å². The van der Waals surface area contributed by atoms with Crippen LogP contribution in [0.4, 0.5) is 0 Å². The van der Waals surface area contributed by atoms with Gasteiger partial charge in [0.15, 0.2) is 0 Å². The molecule has 1 saturated heterocycles. The van der Waals surface area contributed by atoms with Crippen molar-refractivity contribution in [3.8, 4) is 0 Å². The number of carbonyl (C=O) groups excluding carboxylic acids is 1. The van der Waals surface area contributed by atoms with Crippen molar-refractivity contribution >= 4 is 5.97 Å². The molecule has 0 radical (unpaired) electrons. The van der Waals surface area contributed by atoms with E-state index >= 15 is 0 Å². The summed E-state index contributed by atoms with van der Waals surface area (Å²) < 4.78 is 5.04. The average Bonchev–Trinajstić information content (AvgIpc) is 2.20. The number of cyclic esters (lactones) is 1. The Balaban J connectivity index is 1.92. The third-order valence-corrected chi connectivity index (χ3v) is 3.09. The lowest BCUT2D eigenvalue weighted by molar-refractivity contribution is -0.151. The van der Waals surface area contributed by atoms with E-state index in [-0.39, 0.29) is 12.0 Å². The van der Waals surface area contributed by atoms with Gasteiger partial charge in [-0.05, 0) is 18.8 Å². The molecule has 0 aromatic heterocycles. The fourth-order valence-corrected chi connectivity index (χ4v) is 2.37. The minimum absolute atomic E-state index is 0.00551. The predicted octanol–water partition coefficient (Wildman–Crippen LogP) is 1.08. The first-order chi connectivity index (χ1) is 6.38. The summed E-state index contributed by atoms with van der Waals surface area (Å²) in [7, 11) is 0. The molecule has 1 saturated carbocycles. The molecule has 0 spiro atoms. The topological polar surface area (TPSA) is 38.3 Å². The molecule has 1 unspecified atom stereocenters. The molecule has 13 heavy (non-hydrogen) atoms. The standard InChI is InChI=1S/C10H17NO2/c12-10-9(11-6-7-13-10)8-4-2-1-3-5-8/h8-9,11H,1-7H2. The zero-order valence-electron chi connectivity index (χ0n) is 7.92. The van der Waals surface area contributed by atoms with Crippen LogP contribution in [-0.2, 0) is 9.53 Å². The first kappa shape index (κ1) is 9.00. The van der Waals surface area contributed by atoms with Gasteiger partial charge in [0.2, 0.25) is 0 Å². The van der Waals surface area contributed by atoms with Gasteiger partial charge in [-0.1, -0.05) is 19.3 Å². The third kappa shape index (κ3) is 2.02. The average molecular weight is 183 g/mol. The highest BCUT2D eigenvalue weighted by molar-refractivity contribution is 5.76. The van der Waals surface area contributed by atoms with E-state index in [2.05, 4.69) is 5.32 Å². The molecule has 74 valence electrons. The van der Waals surface area contributed by atoms with Crippen molar-refractivity contribution in [3.05, 3.63) is 0 Å². The fraction of sp³-hybridized carbons (Fsp3) is 0.900. The summed E-state index contributed by atoms with van der Waals surface area (Å²) in [6.07, 6.45) is 6.25. The minimum Gasteiger partial charge on any atom is -0.463 e. The number of morpholine rings is 1. The van der Waals surface area contributed by atoms with Gasteiger partial charge in [0, 0.05) is 6.54 Å². The first-order valence-electron chi connectivity index (χ1n) is 5.28. The number of esters is 1. The van der Waals surface area contributed by atoms with Gasteiger partial charge in [0.1, 0.15) is 12.6 Å². The van der Waals surface area contributed by atoms with E-state index < -0.39 is 0 Å². The molecule has 3 nitrogen and oxygen atoms in total. The molecule has 1 heterocycles. The molecule has 2 fully saturated rings. The second-order valence-corrected chi connectivity index (χ2v) is 4.00. The summed E-state index contributed by atoms with van der Waals surface area (Å²) in [6.45, 7) is 1.37. The number of hydrogen-bond donors (Lipinski definition) is 1. The van der Waals surface area contributed by atoms with E-state index in [4.69, 9.17) is 4.74 Å². The van der Waals surface area contributed by atoms with Crippen molar-refractivity contribution in [1.82, 2.24) is 5.32 Å². The van der Waals surface area contributed by atoms with E-state index in [0.29, 0.717) is 12.5 Å². The van der Waals surface area contributed by atoms with E-state index in [1.54, 1.807) is 0 Å². The Bertz CT molecular complexity index is 187. The molecule has 1 aliphatic carbocycles. The Hall–Kier alpha value is -0.570. The van der Waals surface area contributed by atoms with Crippen LogP contribution in [0.5, 0.6) is 0 Å². The van der Waals surface area contributed by atoms with E-state index in [1.165, 1.54) is 32.1 Å². The third-order valence-electron chi connectivity index (χ3n) is 3.09. The molecule has 0 aromatic rings. The lowest BCUT2D eigenvalue weighted by Gasteiger charge is -2.32. The SMILES string of the molecule is O=C1OCCNC1C1CCCCC1. The molecule has 1 atom stereocenters. The van der Waals surface area contributed by atoms with Crippen LogP contribution in [0.3, 0.4) is 0 Å². The molecule has 2 rings (SSSR count). The van der Waals surface area contributed by atoms with Gasteiger partial charge in [0.05, 0.1) is 0 Å². The van der Waals surface area contributed by atoms with Crippen LogP contribution in [0.2, 0.25) is 0 Å². The number of hydrogen-bond acceptors (Lipinski definition) is 3.